The molecule has 0 saturated carbocycles. The molecule has 0 N–H and O–H groups in total. The number of halogens is 4. The van der Waals surface area contributed by atoms with Gasteiger partial charge in [-0.1, -0.05) is 0 Å². The van der Waals surface area contributed by atoms with Crippen molar-refractivity contribution < 1.29 is 22.3 Å². The van der Waals surface area contributed by atoms with Gasteiger partial charge < -0.3 is 9.64 Å². The van der Waals surface area contributed by atoms with Crippen LogP contribution in [0.25, 0.3) is 0 Å². The average Bonchev–Trinajstić information content (AvgIpc) is 2.45. The van der Waals surface area contributed by atoms with Gasteiger partial charge in [-0.05, 0) is 38.1 Å². The molecule has 1 heterocycles. The molecule has 23 heavy (non-hydrogen) atoms. The third-order valence-corrected chi connectivity index (χ3v) is 2.92. The van der Waals surface area contributed by atoms with Crippen LogP contribution in [0.2, 0.25) is 0 Å². The summed E-state index contributed by atoms with van der Waals surface area (Å²) in [6.07, 6.45) is -4.23. The minimum absolute atomic E-state index is 0.156. The first-order valence-corrected chi connectivity index (χ1v) is 6.78. The summed E-state index contributed by atoms with van der Waals surface area (Å²) in [6.45, 7) is 3.43. The molecule has 0 unspecified atom stereocenters. The zero-order valence-corrected chi connectivity index (χ0v) is 12.7. The number of benzene rings is 1. The molecule has 8 heteroatoms. The molecule has 0 spiro atoms. The van der Waals surface area contributed by atoms with Crippen LogP contribution >= 0.6 is 0 Å². The van der Waals surface area contributed by atoms with E-state index in [0.717, 1.165) is 12.1 Å². The summed E-state index contributed by atoms with van der Waals surface area (Å²) >= 11 is 0. The largest absolute Gasteiger partial charge is 0.461 e. The number of rotatable bonds is 4. The van der Waals surface area contributed by atoms with Gasteiger partial charge in [0.1, 0.15) is 11.4 Å². The van der Waals surface area contributed by atoms with Gasteiger partial charge in [0.15, 0.2) is 5.82 Å². The number of nitrogens with zero attached hydrogens (tertiary/aromatic N) is 3. The summed E-state index contributed by atoms with van der Waals surface area (Å²) in [5.41, 5.74) is -0.647. The molecule has 0 aliphatic carbocycles. The molecule has 0 aliphatic rings. The van der Waals surface area contributed by atoms with E-state index in [1.807, 2.05) is 0 Å². The van der Waals surface area contributed by atoms with Gasteiger partial charge in [0.2, 0.25) is 0 Å². The zero-order valence-electron chi connectivity index (χ0n) is 12.7. The third-order valence-electron chi connectivity index (χ3n) is 2.92. The van der Waals surface area contributed by atoms with Crippen molar-refractivity contribution >= 4 is 11.5 Å². The van der Waals surface area contributed by atoms with Crippen molar-refractivity contribution in [2.45, 2.75) is 26.1 Å². The Balaban J connectivity index is 2.49. The number of hydrogen-bond acceptors (Lipinski definition) is 4. The number of ether oxygens (including phenoxy) is 1. The highest BCUT2D eigenvalue weighted by Gasteiger charge is 2.36. The van der Waals surface area contributed by atoms with E-state index >= 15 is 0 Å². The van der Waals surface area contributed by atoms with E-state index < -0.39 is 17.6 Å². The smallest absolute Gasteiger partial charge is 0.421 e. The molecule has 0 atom stereocenters. The molecular formula is C15H15F4N3O. The Bertz CT molecular complexity index is 671. The van der Waals surface area contributed by atoms with Crippen molar-refractivity contribution in [2.24, 2.45) is 0 Å². The quantitative estimate of drug-likeness (QED) is 0.789. The number of anilines is 2. The minimum Gasteiger partial charge on any atom is -0.461 e. The van der Waals surface area contributed by atoms with Gasteiger partial charge in [0.25, 0.3) is 0 Å². The Kier molecular flexibility index (Phi) is 4.72. The number of hydrogen-bond donors (Lipinski definition) is 0. The lowest BCUT2D eigenvalue weighted by molar-refractivity contribution is -0.137. The molecule has 0 bridgehead atoms. The molecule has 0 saturated heterocycles. The highest BCUT2D eigenvalue weighted by Crippen LogP contribution is 2.37. The maximum atomic E-state index is 13.2. The van der Waals surface area contributed by atoms with E-state index in [2.05, 4.69) is 9.97 Å². The molecule has 0 aliphatic heterocycles. The van der Waals surface area contributed by atoms with Crippen molar-refractivity contribution in [3.05, 3.63) is 41.8 Å². The minimum atomic E-state index is -4.63. The zero-order chi connectivity index (χ0) is 17.2. The normalized spacial score (nSPS) is 11.7. The average molecular weight is 329 g/mol. The highest BCUT2D eigenvalue weighted by molar-refractivity contribution is 5.62. The van der Waals surface area contributed by atoms with E-state index in [1.165, 1.54) is 24.1 Å². The monoisotopic (exact) mass is 329 g/mol. The molecule has 0 fully saturated rings. The lowest BCUT2D eigenvalue weighted by atomic mass is 10.2. The van der Waals surface area contributed by atoms with E-state index in [1.54, 1.807) is 13.8 Å². The highest BCUT2D eigenvalue weighted by atomic mass is 19.4. The second kappa shape index (κ2) is 6.39. The molecular weight excluding hydrogens is 314 g/mol. The fourth-order valence-electron chi connectivity index (χ4n) is 1.87. The maximum absolute atomic E-state index is 13.2. The first-order valence-electron chi connectivity index (χ1n) is 6.78. The summed E-state index contributed by atoms with van der Waals surface area (Å²) in [7, 11) is 1.41. The van der Waals surface area contributed by atoms with Crippen LogP contribution < -0.4 is 9.64 Å². The van der Waals surface area contributed by atoms with E-state index in [9.17, 15) is 17.6 Å². The van der Waals surface area contributed by atoms with Crippen LogP contribution in [0.4, 0.5) is 29.1 Å². The van der Waals surface area contributed by atoms with Crippen molar-refractivity contribution in [3.8, 4) is 6.01 Å². The Morgan fingerprint density at radius 3 is 2.26 bits per heavy atom. The SMILES string of the molecule is CC(C)Oc1ncc(C(F)(F)F)c(N(C)c2ccc(F)cc2)n1. The van der Waals surface area contributed by atoms with Crippen LogP contribution in [0.5, 0.6) is 6.01 Å². The summed E-state index contributed by atoms with van der Waals surface area (Å²) in [6, 6.07) is 4.88. The summed E-state index contributed by atoms with van der Waals surface area (Å²) in [4.78, 5) is 8.66. The first-order chi connectivity index (χ1) is 10.7. The van der Waals surface area contributed by atoms with E-state index in [-0.39, 0.29) is 17.9 Å². The molecule has 0 radical (unpaired) electrons. The molecule has 1 aromatic heterocycles. The van der Waals surface area contributed by atoms with Crippen molar-refractivity contribution in [1.82, 2.24) is 9.97 Å². The standard InChI is InChI=1S/C15H15F4N3O/c1-9(2)23-14-20-8-12(15(17,18)19)13(21-14)22(3)11-6-4-10(16)5-7-11/h4-9H,1-3H3. The third kappa shape index (κ3) is 4.08. The second-order valence-corrected chi connectivity index (χ2v) is 5.09. The fourth-order valence-corrected chi connectivity index (χ4v) is 1.87. The predicted octanol–water partition coefficient (Wildman–Crippen LogP) is 4.19. The van der Waals surface area contributed by atoms with Gasteiger partial charge in [-0.3, -0.25) is 0 Å². The summed E-state index contributed by atoms with van der Waals surface area (Å²) in [5.74, 6) is -0.848. The number of alkyl halides is 3. The van der Waals surface area contributed by atoms with Crippen LogP contribution in [-0.2, 0) is 6.18 Å². The topological polar surface area (TPSA) is 38.2 Å². The van der Waals surface area contributed by atoms with Crippen molar-refractivity contribution in [2.75, 3.05) is 11.9 Å². The fraction of sp³-hybridized carbons (Fsp3) is 0.333. The molecule has 0 amide bonds. The van der Waals surface area contributed by atoms with Crippen molar-refractivity contribution in [3.63, 3.8) is 0 Å². The molecule has 2 rings (SSSR count). The molecule has 4 nitrogen and oxygen atoms in total. The van der Waals surface area contributed by atoms with E-state index in [0.29, 0.717) is 11.9 Å². The van der Waals surface area contributed by atoms with E-state index in [4.69, 9.17) is 4.74 Å². The van der Waals surface area contributed by atoms with Gasteiger partial charge in [-0.2, -0.15) is 18.2 Å². The molecule has 124 valence electrons. The maximum Gasteiger partial charge on any atom is 0.421 e. The summed E-state index contributed by atoms with van der Waals surface area (Å²) < 4.78 is 57.8. The lowest BCUT2D eigenvalue weighted by Gasteiger charge is -2.22. The van der Waals surface area contributed by atoms with Crippen LogP contribution in [0.15, 0.2) is 30.5 Å². The predicted molar refractivity (Wildman–Crippen MR) is 77.3 cm³/mol. The van der Waals surface area contributed by atoms with Gasteiger partial charge in [0, 0.05) is 18.9 Å². The van der Waals surface area contributed by atoms with Gasteiger partial charge in [0.05, 0.1) is 6.10 Å². The van der Waals surface area contributed by atoms with Gasteiger partial charge in [-0.25, -0.2) is 9.37 Å². The van der Waals surface area contributed by atoms with Crippen LogP contribution in [0, 0.1) is 5.82 Å². The second-order valence-electron chi connectivity index (χ2n) is 5.09. The van der Waals surface area contributed by atoms with Crippen LogP contribution in [-0.4, -0.2) is 23.1 Å². The summed E-state index contributed by atoms with van der Waals surface area (Å²) in [5, 5.41) is 0. The Labute approximate surface area is 130 Å². The van der Waals surface area contributed by atoms with Crippen LogP contribution in [0.1, 0.15) is 19.4 Å². The Morgan fingerprint density at radius 1 is 1.13 bits per heavy atom. The van der Waals surface area contributed by atoms with Crippen molar-refractivity contribution in [1.29, 1.82) is 0 Å². The lowest BCUT2D eigenvalue weighted by Crippen LogP contribution is -2.20. The van der Waals surface area contributed by atoms with Gasteiger partial charge in [-0.15, -0.1) is 0 Å². The molecule has 1 aromatic carbocycles. The Morgan fingerprint density at radius 2 is 1.74 bits per heavy atom. The number of aromatic nitrogens is 2. The van der Waals surface area contributed by atoms with Crippen LogP contribution in [0.3, 0.4) is 0 Å². The van der Waals surface area contributed by atoms with Gasteiger partial charge >= 0.3 is 12.2 Å². The Hall–Kier alpha value is -2.38. The first kappa shape index (κ1) is 17.0. The molecule has 2 aromatic rings.